The Bertz CT molecular complexity index is 350. The normalized spacial score (nSPS) is 10.4. The van der Waals surface area contributed by atoms with Gasteiger partial charge in [-0.15, -0.1) is 0 Å². The average molecular weight is 240 g/mol. The van der Waals surface area contributed by atoms with Gasteiger partial charge in [-0.1, -0.05) is 0 Å². The first-order valence-corrected chi connectivity index (χ1v) is 5.60. The van der Waals surface area contributed by atoms with E-state index in [1.807, 2.05) is 12.1 Å². The lowest BCUT2D eigenvalue weighted by atomic mass is 10.0. The van der Waals surface area contributed by atoms with Crippen LogP contribution in [0.4, 0.5) is 0 Å². The van der Waals surface area contributed by atoms with Gasteiger partial charge in [0, 0.05) is 19.8 Å². The molecule has 1 rings (SSSR count). The van der Waals surface area contributed by atoms with Crippen molar-refractivity contribution in [3.63, 3.8) is 0 Å². The van der Waals surface area contributed by atoms with Crippen LogP contribution in [0.25, 0.3) is 0 Å². The lowest BCUT2D eigenvalue weighted by Gasteiger charge is -2.15. The number of hydrogen-bond acceptors (Lipinski definition) is 4. The van der Waals surface area contributed by atoms with E-state index in [0.29, 0.717) is 13.0 Å². The van der Waals surface area contributed by atoms with E-state index in [-0.39, 0.29) is 6.61 Å². The molecule has 17 heavy (non-hydrogen) atoms. The smallest absolute Gasteiger partial charge is 0.126 e. The van der Waals surface area contributed by atoms with E-state index in [1.165, 1.54) is 0 Å². The van der Waals surface area contributed by atoms with E-state index in [1.54, 1.807) is 21.3 Å². The van der Waals surface area contributed by atoms with Crippen molar-refractivity contribution < 1.29 is 19.3 Å². The Hall–Kier alpha value is -1.26. The first kappa shape index (κ1) is 13.8. The van der Waals surface area contributed by atoms with Crippen LogP contribution in [0.5, 0.6) is 11.5 Å². The van der Waals surface area contributed by atoms with E-state index in [9.17, 15) is 0 Å². The summed E-state index contributed by atoms with van der Waals surface area (Å²) in [6.07, 6.45) is 1.47. The molecule has 0 atom stereocenters. The lowest BCUT2D eigenvalue weighted by molar-refractivity contribution is 0.183. The van der Waals surface area contributed by atoms with E-state index in [4.69, 9.17) is 19.3 Å². The van der Waals surface area contributed by atoms with Crippen LogP contribution in [0.1, 0.15) is 17.5 Å². The average Bonchev–Trinajstić information content (AvgIpc) is 2.36. The molecule has 0 aromatic heterocycles. The van der Waals surface area contributed by atoms with Crippen molar-refractivity contribution in [2.24, 2.45) is 0 Å². The van der Waals surface area contributed by atoms with Crippen LogP contribution < -0.4 is 9.47 Å². The first-order valence-electron chi connectivity index (χ1n) is 5.60. The summed E-state index contributed by atoms with van der Waals surface area (Å²) in [5, 5.41) is 8.92. The minimum absolute atomic E-state index is 0.168. The van der Waals surface area contributed by atoms with E-state index < -0.39 is 0 Å². The van der Waals surface area contributed by atoms with Gasteiger partial charge < -0.3 is 19.3 Å². The van der Waals surface area contributed by atoms with Gasteiger partial charge in [-0.05, 0) is 30.0 Å². The molecule has 1 N–H and O–H groups in total. The summed E-state index contributed by atoms with van der Waals surface area (Å²) in [7, 11) is 4.91. The minimum Gasteiger partial charge on any atom is -0.497 e. The van der Waals surface area contributed by atoms with Crippen molar-refractivity contribution in [3.05, 3.63) is 23.3 Å². The molecule has 0 unspecified atom stereocenters. The SMILES string of the molecule is COCc1cc(OC)cc(OC)c1CCCO. The molecular weight excluding hydrogens is 220 g/mol. The summed E-state index contributed by atoms with van der Waals surface area (Å²) < 4.78 is 15.7. The zero-order valence-corrected chi connectivity index (χ0v) is 10.7. The third-order valence-electron chi connectivity index (χ3n) is 2.62. The maximum absolute atomic E-state index is 8.92. The monoisotopic (exact) mass is 240 g/mol. The maximum atomic E-state index is 8.92. The number of hydrogen-bond donors (Lipinski definition) is 1. The molecule has 96 valence electrons. The van der Waals surface area contributed by atoms with Crippen molar-refractivity contribution in [3.8, 4) is 11.5 Å². The molecule has 0 aliphatic rings. The molecule has 0 bridgehead atoms. The van der Waals surface area contributed by atoms with Gasteiger partial charge in [0.2, 0.25) is 0 Å². The summed E-state index contributed by atoms with van der Waals surface area (Å²) in [5.41, 5.74) is 2.11. The second kappa shape index (κ2) is 7.14. The Kier molecular flexibility index (Phi) is 5.80. The summed E-state index contributed by atoms with van der Waals surface area (Å²) in [6.45, 7) is 0.677. The molecular formula is C13H20O4. The Morgan fingerprint density at radius 3 is 2.41 bits per heavy atom. The summed E-state index contributed by atoms with van der Waals surface area (Å²) >= 11 is 0. The van der Waals surface area contributed by atoms with Crippen molar-refractivity contribution in [1.29, 1.82) is 0 Å². The Morgan fingerprint density at radius 2 is 1.88 bits per heavy atom. The standard InChI is InChI=1S/C13H20O4/c1-15-9-10-7-11(16-2)8-13(17-3)12(10)5-4-6-14/h7-8,14H,4-6,9H2,1-3H3. The van der Waals surface area contributed by atoms with E-state index in [0.717, 1.165) is 29.0 Å². The third-order valence-corrected chi connectivity index (χ3v) is 2.62. The molecule has 0 aliphatic carbocycles. The predicted octanol–water partition coefficient (Wildman–Crippen LogP) is 1.78. The zero-order valence-electron chi connectivity index (χ0n) is 10.7. The van der Waals surface area contributed by atoms with Crippen molar-refractivity contribution >= 4 is 0 Å². The molecule has 0 amide bonds. The van der Waals surface area contributed by atoms with Crippen LogP contribution in [0, 0.1) is 0 Å². The Morgan fingerprint density at radius 1 is 1.12 bits per heavy atom. The quantitative estimate of drug-likeness (QED) is 0.789. The highest BCUT2D eigenvalue weighted by molar-refractivity contribution is 5.46. The second-order valence-electron chi connectivity index (χ2n) is 3.73. The van der Waals surface area contributed by atoms with Crippen molar-refractivity contribution in [1.82, 2.24) is 0 Å². The highest BCUT2D eigenvalue weighted by atomic mass is 16.5. The Labute approximate surface area is 102 Å². The number of aliphatic hydroxyl groups is 1. The van der Waals surface area contributed by atoms with Gasteiger partial charge in [0.15, 0.2) is 0 Å². The molecule has 0 spiro atoms. The fourth-order valence-electron chi connectivity index (χ4n) is 1.80. The summed E-state index contributed by atoms with van der Waals surface area (Å²) in [5.74, 6) is 1.53. The molecule has 4 nitrogen and oxygen atoms in total. The molecule has 0 saturated heterocycles. The zero-order chi connectivity index (χ0) is 12.7. The van der Waals surface area contributed by atoms with E-state index >= 15 is 0 Å². The van der Waals surface area contributed by atoms with Crippen LogP contribution in [-0.2, 0) is 17.8 Å². The molecule has 0 saturated carbocycles. The first-order chi connectivity index (χ1) is 8.26. The third kappa shape index (κ3) is 3.61. The largest absolute Gasteiger partial charge is 0.497 e. The van der Waals surface area contributed by atoms with Crippen LogP contribution in [0.2, 0.25) is 0 Å². The fraction of sp³-hybridized carbons (Fsp3) is 0.538. The number of benzene rings is 1. The minimum atomic E-state index is 0.168. The van der Waals surface area contributed by atoms with Crippen LogP contribution in [0.15, 0.2) is 12.1 Å². The van der Waals surface area contributed by atoms with Gasteiger partial charge in [0.05, 0.1) is 20.8 Å². The molecule has 0 heterocycles. The summed E-state index contributed by atoms with van der Waals surface area (Å²) in [4.78, 5) is 0. The number of ether oxygens (including phenoxy) is 3. The maximum Gasteiger partial charge on any atom is 0.126 e. The fourth-order valence-corrected chi connectivity index (χ4v) is 1.80. The van der Waals surface area contributed by atoms with Crippen LogP contribution >= 0.6 is 0 Å². The highest BCUT2D eigenvalue weighted by Gasteiger charge is 2.11. The Balaban J connectivity index is 3.10. The second-order valence-corrected chi connectivity index (χ2v) is 3.73. The molecule has 0 aliphatic heterocycles. The number of methoxy groups -OCH3 is 3. The molecule has 0 fully saturated rings. The van der Waals surface area contributed by atoms with Gasteiger partial charge in [-0.2, -0.15) is 0 Å². The van der Waals surface area contributed by atoms with Crippen molar-refractivity contribution in [2.75, 3.05) is 27.9 Å². The number of aliphatic hydroxyl groups excluding tert-OH is 1. The lowest BCUT2D eigenvalue weighted by Crippen LogP contribution is -2.02. The van der Waals surface area contributed by atoms with Gasteiger partial charge in [0.25, 0.3) is 0 Å². The molecule has 1 aromatic rings. The van der Waals surface area contributed by atoms with Crippen LogP contribution in [-0.4, -0.2) is 33.0 Å². The van der Waals surface area contributed by atoms with Gasteiger partial charge in [-0.25, -0.2) is 0 Å². The predicted molar refractivity (Wildman–Crippen MR) is 65.7 cm³/mol. The van der Waals surface area contributed by atoms with Crippen LogP contribution in [0.3, 0.4) is 0 Å². The molecule has 1 aromatic carbocycles. The van der Waals surface area contributed by atoms with Gasteiger partial charge in [-0.3, -0.25) is 0 Å². The van der Waals surface area contributed by atoms with Gasteiger partial charge >= 0.3 is 0 Å². The molecule has 4 heteroatoms. The van der Waals surface area contributed by atoms with Gasteiger partial charge in [0.1, 0.15) is 11.5 Å². The highest BCUT2D eigenvalue weighted by Crippen LogP contribution is 2.30. The van der Waals surface area contributed by atoms with E-state index in [2.05, 4.69) is 0 Å². The molecule has 0 radical (unpaired) electrons. The number of rotatable bonds is 7. The topological polar surface area (TPSA) is 47.9 Å². The van der Waals surface area contributed by atoms with Crippen molar-refractivity contribution in [2.45, 2.75) is 19.4 Å². The summed E-state index contributed by atoms with van der Waals surface area (Å²) in [6, 6.07) is 3.80.